The lowest BCUT2D eigenvalue weighted by Crippen LogP contribution is -2.50. The summed E-state index contributed by atoms with van der Waals surface area (Å²) in [6.07, 6.45) is -5.04. The van der Waals surface area contributed by atoms with E-state index in [1.54, 1.807) is 62.7 Å². The lowest BCUT2D eigenvalue weighted by Gasteiger charge is -2.33. The first-order chi connectivity index (χ1) is 21.2. The maximum atomic E-state index is 13.1. The molecule has 0 aliphatic heterocycles. The van der Waals surface area contributed by atoms with Crippen molar-refractivity contribution in [2.24, 2.45) is 24.4 Å². The third-order valence-electron chi connectivity index (χ3n) is 7.81. The first-order valence-electron chi connectivity index (χ1n) is 15.4. The molecule has 1 heterocycles. The van der Waals surface area contributed by atoms with Crippen molar-refractivity contribution >= 4 is 16.9 Å². The molecule has 3 aromatic rings. The normalized spacial score (nSPS) is 14.6. The first-order valence-corrected chi connectivity index (χ1v) is 15.4. The number of halogens is 3. The standard InChI is InChI=1S/C34H48F3N3O6/c1-21-11-14-24(30(17-21)46-34(35,36)37)27-18-22-12-13-23(19-26(22)40(27)6)44-15-7-9-28(41)29(42)10-8-16-45-31(43)25(33(4,5)39)20-32(2,3)38/h11-14,17-19,25,28-29,41-42H,7-10,15-16,20,38-39H2,1-6H3. The van der Waals surface area contributed by atoms with Crippen molar-refractivity contribution in [1.82, 2.24) is 4.57 Å². The van der Waals surface area contributed by atoms with Crippen LogP contribution in [0.3, 0.4) is 0 Å². The monoisotopic (exact) mass is 651 g/mol. The van der Waals surface area contributed by atoms with Gasteiger partial charge in [-0.2, -0.15) is 0 Å². The molecular formula is C34H48F3N3O6. The molecule has 0 spiro atoms. The molecule has 0 aliphatic carbocycles. The summed E-state index contributed by atoms with van der Waals surface area (Å²) in [6, 6.07) is 11.9. The smallest absolute Gasteiger partial charge is 0.494 e. The van der Waals surface area contributed by atoms with Crippen LogP contribution in [0.4, 0.5) is 13.2 Å². The van der Waals surface area contributed by atoms with Gasteiger partial charge >= 0.3 is 12.3 Å². The summed E-state index contributed by atoms with van der Waals surface area (Å²) in [4.78, 5) is 12.6. The number of alkyl halides is 3. The second kappa shape index (κ2) is 15.1. The van der Waals surface area contributed by atoms with Crippen molar-refractivity contribution in [3.63, 3.8) is 0 Å². The van der Waals surface area contributed by atoms with Gasteiger partial charge in [-0.1, -0.05) is 6.07 Å². The molecule has 3 rings (SSSR count). The molecule has 0 amide bonds. The zero-order valence-corrected chi connectivity index (χ0v) is 27.5. The molecule has 3 atom stereocenters. The maximum absolute atomic E-state index is 13.1. The number of hydrogen-bond acceptors (Lipinski definition) is 8. The number of aryl methyl sites for hydroxylation is 2. The number of rotatable bonds is 16. The summed E-state index contributed by atoms with van der Waals surface area (Å²) in [5.74, 6) is -0.720. The molecule has 0 radical (unpaired) electrons. The predicted octanol–water partition coefficient (Wildman–Crippen LogP) is 5.74. The number of hydrogen-bond donors (Lipinski definition) is 4. The number of carbonyl (C=O) groups excluding carboxylic acids is 1. The molecule has 0 bridgehead atoms. The van der Waals surface area contributed by atoms with Crippen molar-refractivity contribution in [1.29, 1.82) is 0 Å². The molecular weight excluding hydrogens is 603 g/mol. The van der Waals surface area contributed by atoms with Gasteiger partial charge in [-0.15, -0.1) is 13.2 Å². The Kier molecular flexibility index (Phi) is 12.2. The van der Waals surface area contributed by atoms with Gasteiger partial charge in [0.15, 0.2) is 0 Å². The Labute approximate surface area is 268 Å². The quantitative estimate of drug-likeness (QED) is 0.114. The van der Waals surface area contributed by atoms with E-state index in [2.05, 4.69) is 4.74 Å². The van der Waals surface area contributed by atoms with Crippen LogP contribution in [0.25, 0.3) is 22.2 Å². The van der Waals surface area contributed by atoms with E-state index < -0.39 is 41.5 Å². The Balaban J connectivity index is 1.49. The average molecular weight is 652 g/mol. The van der Waals surface area contributed by atoms with Gasteiger partial charge in [0.2, 0.25) is 0 Å². The first kappa shape index (κ1) is 37.1. The highest BCUT2D eigenvalue weighted by molar-refractivity contribution is 5.89. The van der Waals surface area contributed by atoms with Gasteiger partial charge in [0.25, 0.3) is 0 Å². The van der Waals surface area contributed by atoms with E-state index in [-0.39, 0.29) is 25.4 Å². The van der Waals surface area contributed by atoms with E-state index in [4.69, 9.17) is 20.9 Å². The van der Waals surface area contributed by atoms with Crippen LogP contribution < -0.4 is 20.9 Å². The zero-order chi connectivity index (χ0) is 34.4. The molecule has 3 unspecified atom stereocenters. The lowest BCUT2D eigenvalue weighted by molar-refractivity contribution is -0.274. The second-order valence-electron chi connectivity index (χ2n) is 13.4. The van der Waals surface area contributed by atoms with E-state index in [1.807, 2.05) is 19.9 Å². The van der Waals surface area contributed by atoms with Crippen molar-refractivity contribution in [2.75, 3.05) is 13.2 Å². The Morgan fingerprint density at radius 3 is 2.15 bits per heavy atom. The summed E-state index contributed by atoms with van der Waals surface area (Å²) in [5.41, 5.74) is 13.1. The maximum Gasteiger partial charge on any atom is 0.573 e. The van der Waals surface area contributed by atoms with Crippen LogP contribution >= 0.6 is 0 Å². The van der Waals surface area contributed by atoms with Crippen molar-refractivity contribution in [3.05, 3.63) is 48.0 Å². The summed E-state index contributed by atoms with van der Waals surface area (Å²) in [6.45, 7) is 9.22. The van der Waals surface area contributed by atoms with Crippen LogP contribution in [0, 0.1) is 12.8 Å². The van der Waals surface area contributed by atoms with E-state index in [0.29, 0.717) is 48.3 Å². The molecule has 6 N–H and O–H groups in total. The summed E-state index contributed by atoms with van der Waals surface area (Å²) in [5, 5.41) is 21.6. The predicted molar refractivity (Wildman–Crippen MR) is 171 cm³/mol. The highest BCUT2D eigenvalue weighted by atomic mass is 19.4. The van der Waals surface area contributed by atoms with Gasteiger partial charge in [-0.25, -0.2) is 0 Å². The molecule has 46 heavy (non-hydrogen) atoms. The summed E-state index contributed by atoms with van der Waals surface area (Å²) in [7, 11) is 1.76. The molecule has 9 nitrogen and oxygen atoms in total. The van der Waals surface area contributed by atoms with Crippen LogP contribution in [0.15, 0.2) is 42.5 Å². The lowest BCUT2D eigenvalue weighted by atomic mass is 9.80. The average Bonchev–Trinajstić information content (AvgIpc) is 3.25. The second-order valence-corrected chi connectivity index (χ2v) is 13.4. The summed E-state index contributed by atoms with van der Waals surface area (Å²) >= 11 is 0. The SMILES string of the molecule is Cc1ccc(-c2cc3ccc(OCCCC(O)C(O)CCCOC(=O)C(CC(C)(C)N)C(C)(C)N)cc3n2C)c(OC(F)(F)F)c1. The number of ether oxygens (including phenoxy) is 3. The molecule has 256 valence electrons. The van der Waals surface area contributed by atoms with Crippen LogP contribution in [0.2, 0.25) is 0 Å². The van der Waals surface area contributed by atoms with Gasteiger partial charge in [-0.3, -0.25) is 4.79 Å². The van der Waals surface area contributed by atoms with E-state index in [0.717, 1.165) is 10.9 Å². The number of aromatic nitrogens is 1. The van der Waals surface area contributed by atoms with Crippen molar-refractivity contribution in [3.8, 4) is 22.8 Å². The number of carbonyl (C=O) groups is 1. The number of aliphatic hydroxyl groups excluding tert-OH is 2. The minimum Gasteiger partial charge on any atom is -0.494 e. The van der Waals surface area contributed by atoms with Crippen molar-refractivity contribution < 1.29 is 42.4 Å². The molecule has 1 aromatic heterocycles. The number of nitrogens with zero attached hydrogens (tertiary/aromatic N) is 1. The van der Waals surface area contributed by atoms with Crippen molar-refractivity contribution in [2.45, 2.75) is 96.4 Å². The number of benzene rings is 2. The van der Waals surface area contributed by atoms with Gasteiger partial charge < -0.3 is 40.5 Å². The Bertz CT molecular complexity index is 1460. The molecule has 0 aliphatic rings. The highest BCUT2D eigenvalue weighted by Crippen LogP contribution is 2.38. The van der Waals surface area contributed by atoms with E-state index in [9.17, 15) is 28.2 Å². The van der Waals surface area contributed by atoms with Crippen LogP contribution in [-0.2, 0) is 16.6 Å². The van der Waals surface area contributed by atoms with E-state index in [1.165, 1.54) is 6.07 Å². The van der Waals surface area contributed by atoms with Crippen LogP contribution in [0.5, 0.6) is 11.5 Å². The van der Waals surface area contributed by atoms with Gasteiger partial charge in [0.05, 0.1) is 42.6 Å². The highest BCUT2D eigenvalue weighted by Gasteiger charge is 2.36. The fourth-order valence-corrected chi connectivity index (χ4v) is 5.32. The third kappa shape index (κ3) is 10.9. The molecule has 0 saturated carbocycles. The zero-order valence-electron chi connectivity index (χ0n) is 27.5. The fourth-order valence-electron chi connectivity index (χ4n) is 5.32. The number of fused-ring (bicyclic) bond motifs is 1. The number of aliphatic hydroxyl groups is 2. The number of esters is 1. The molecule has 12 heteroatoms. The molecule has 0 fully saturated rings. The molecule has 0 saturated heterocycles. The van der Waals surface area contributed by atoms with Gasteiger partial charge in [-0.05, 0) is 103 Å². The third-order valence-corrected chi connectivity index (χ3v) is 7.81. The number of nitrogens with two attached hydrogens (primary N) is 2. The largest absolute Gasteiger partial charge is 0.573 e. The van der Waals surface area contributed by atoms with Gasteiger partial charge in [0, 0.05) is 35.1 Å². The Morgan fingerprint density at radius 1 is 0.935 bits per heavy atom. The minimum atomic E-state index is -4.82. The van der Waals surface area contributed by atoms with E-state index >= 15 is 0 Å². The Morgan fingerprint density at radius 2 is 1.57 bits per heavy atom. The molecule has 2 aromatic carbocycles. The minimum absolute atomic E-state index is 0.0905. The van der Waals surface area contributed by atoms with Crippen LogP contribution in [0.1, 0.15) is 65.4 Å². The summed E-state index contributed by atoms with van der Waals surface area (Å²) < 4.78 is 56.6. The Hall–Kier alpha value is -3.32. The topological polar surface area (TPSA) is 142 Å². The van der Waals surface area contributed by atoms with Crippen LogP contribution in [-0.4, -0.2) is 63.6 Å². The van der Waals surface area contributed by atoms with Gasteiger partial charge in [0.1, 0.15) is 11.5 Å². The fraction of sp³-hybridized carbons (Fsp3) is 0.559.